The molecule has 5 nitrogen and oxygen atoms in total. The van der Waals surface area contributed by atoms with E-state index in [0.717, 1.165) is 19.3 Å². The van der Waals surface area contributed by atoms with E-state index in [1.54, 1.807) is 0 Å². The fraction of sp³-hybridized carbons (Fsp3) is 1.00. The average Bonchev–Trinajstić information content (AvgIpc) is 2.39. The first-order chi connectivity index (χ1) is 9.13. The fourth-order valence-corrected chi connectivity index (χ4v) is 2.90. The Hall–Kier alpha value is -0.200. The van der Waals surface area contributed by atoms with E-state index in [-0.39, 0.29) is 6.04 Å². The summed E-state index contributed by atoms with van der Waals surface area (Å²) in [5, 5.41) is 22.6. The number of hydrogen-bond acceptors (Lipinski definition) is 5. The van der Waals surface area contributed by atoms with Crippen molar-refractivity contribution in [2.45, 2.75) is 76.3 Å². The minimum atomic E-state index is -0.911. The minimum Gasteiger partial charge on any atom is -0.379 e. The van der Waals surface area contributed by atoms with Gasteiger partial charge in [-0.25, -0.2) is 0 Å². The van der Waals surface area contributed by atoms with Crippen molar-refractivity contribution in [3.63, 3.8) is 0 Å². The quantitative estimate of drug-likeness (QED) is 0.313. The third kappa shape index (κ3) is 7.22. The molecule has 0 amide bonds. The zero-order chi connectivity index (χ0) is 14.1. The molecule has 114 valence electrons. The van der Waals surface area contributed by atoms with Crippen LogP contribution in [0.5, 0.6) is 0 Å². The van der Waals surface area contributed by atoms with Crippen molar-refractivity contribution in [2.75, 3.05) is 6.54 Å². The summed E-state index contributed by atoms with van der Waals surface area (Å²) in [6, 6.07) is -0.212. The van der Waals surface area contributed by atoms with Gasteiger partial charge in [0.15, 0.2) is 0 Å². The molecule has 7 N–H and O–H groups in total. The standard InChI is InChI=1S/C14H31N3O2/c15-9-5-4-8-13(18)17-12(14(16)19)10-11-6-2-1-3-7-11/h11-14,17-19H,1-10,15-16H2/t12-,13?,14?/m0/s1. The van der Waals surface area contributed by atoms with Crippen molar-refractivity contribution >= 4 is 0 Å². The highest BCUT2D eigenvalue weighted by Gasteiger charge is 2.24. The van der Waals surface area contributed by atoms with Crippen LogP contribution < -0.4 is 16.8 Å². The molecule has 0 aliphatic heterocycles. The van der Waals surface area contributed by atoms with Crippen molar-refractivity contribution < 1.29 is 10.2 Å². The number of unbranched alkanes of at least 4 members (excludes halogenated alkanes) is 1. The lowest BCUT2D eigenvalue weighted by molar-refractivity contribution is 0.0505. The fourth-order valence-electron chi connectivity index (χ4n) is 2.90. The molecule has 0 aromatic rings. The maximum absolute atomic E-state index is 9.91. The zero-order valence-electron chi connectivity index (χ0n) is 11.9. The van der Waals surface area contributed by atoms with E-state index < -0.39 is 12.5 Å². The molecule has 5 heteroatoms. The molecule has 0 radical (unpaired) electrons. The Balaban J connectivity index is 2.30. The van der Waals surface area contributed by atoms with Crippen molar-refractivity contribution in [2.24, 2.45) is 17.4 Å². The van der Waals surface area contributed by atoms with Crippen molar-refractivity contribution in [1.29, 1.82) is 0 Å². The summed E-state index contributed by atoms with van der Waals surface area (Å²) in [6.07, 6.45) is 8.11. The van der Waals surface area contributed by atoms with E-state index in [4.69, 9.17) is 11.5 Å². The monoisotopic (exact) mass is 273 g/mol. The lowest BCUT2D eigenvalue weighted by atomic mass is 9.84. The maximum atomic E-state index is 9.91. The zero-order valence-corrected chi connectivity index (χ0v) is 11.9. The molecule has 0 bridgehead atoms. The van der Waals surface area contributed by atoms with E-state index in [1.807, 2.05) is 0 Å². The largest absolute Gasteiger partial charge is 0.379 e. The Morgan fingerprint density at radius 3 is 2.37 bits per heavy atom. The molecule has 1 saturated carbocycles. The molecule has 2 unspecified atom stereocenters. The number of nitrogens with one attached hydrogen (secondary N) is 1. The number of rotatable bonds is 9. The summed E-state index contributed by atoms with van der Waals surface area (Å²) in [6.45, 7) is 0.651. The average molecular weight is 273 g/mol. The van der Waals surface area contributed by atoms with Gasteiger partial charge in [0.05, 0.1) is 0 Å². The topological polar surface area (TPSA) is 105 Å². The summed E-state index contributed by atoms with van der Waals surface area (Å²) >= 11 is 0. The molecule has 0 aromatic heterocycles. The van der Waals surface area contributed by atoms with E-state index >= 15 is 0 Å². The number of hydrogen-bond donors (Lipinski definition) is 5. The number of aliphatic hydroxyl groups excluding tert-OH is 2. The molecule has 3 atom stereocenters. The summed E-state index contributed by atoms with van der Waals surface area (Å²) in [5.41, 5.74) is 11.0. The van der Waals surface area contributed by atoms with Crippen LogP contribution >= 0.6 is 0 Å². The second kappa shape index (κ2) is 9.66. The lowest BCUT2D eigenvalue weighted by Crippen LogP contribution is -2.50. The number of nitrogens with two attached hydrogens (primary N) is 2. The van der Waals surface area contributed by atoms with Crippen molar-refractivity contribution in [3.05, 3.63) is 0 Å². The second-order valence-corrected chi connectivity index (χ2v) is 5.80. The molecule has 19 heavy (non-hydrogen) atoms. The molecule has 1 fully saturated rings. The normalized spacial score (nSPS) is 22.1. The van der Waals surface area contributed by atoms with Crippen LogP contribution in [0.4, 0.5) is 0 Å². The van der Waals surface area contributed by atoms with E-state index in [9.17, 15) is 10.2 Å². The number of aliphatic hydroxyl groups is 2. The maximum Gasteiger partial charge on any atom is 0.117 e. The van der Waals surface area contributed by atoms with Gasteiger partial charge in [0, 0.05) is 6.04 Å². The third-order valence-corrected chi connectivity index (χ3v) is 4.06. The van der Waals surface area contributed by atoms with Crippen molar-refractivity contribution in [3.8, 4) is 0 Å². The van der Waals surface area contributed by atoms with Gasteiger partial charge in [0.1, 0.15) is 12.5 Å². The van der Waals surface area contributed by atoms with Crippen molar-refractivity contribution in [1.82, 2.24) is 5.32 Å². The third-order valence-electron chi connectivity index (χ3n) is 4.06. The summed E-state index contributed by atoms with van der Waals surface area (Å²) < 4.78 is 0. The Labute approximate surface area is 116 Å². The predicted molar refractivity (Wildman–Crippen MR) is 77.2 cm³/mol. The summed E-state index contributed by atoms with van der Waals surface area (Å²) in [5.74, 6) is 0.626. The molecule has 0 spiro atoms. The van der Waals surface area contributed by atoms with Crippen LogP contribution in [0.1, 0.15) is 57.8 Å². The van der Waals surface area contributed by atoms with Crippen LogP contribution in [0, 0.1) is 5.92 Å². The molecule has 0 saturated heterocycles. The van der Waals surface area contributed by atoms with Crippen LogP contribution in [0.2, 0.25) is 0 Å². The molecular formula is C14H31N3O2. The van der Waals surface area contributed by atoms with E-state index in [2.05, 4.69) is 5.32 Å². The van der Waals surface area contributed by atoms with Crippen LogP contribution in [0.3, 0.4) is 0 Å². The second-order valence-electron chi connectivity index (χ2n) is 5.80. The van der Waals surface area contributed by atoms with Gasteiger partial charge in [-0.2, -0.15) is 0 Å². The first-order valence-electron chi connectivity index (χ1n) is 7.71. The highest BCUT2D eigenvalue weighted by atomic mass is 16.3. The van der Waals surface area contributed by atoms with Crippen LogP contribution in [-0.2, 0) is 0 Å². The van der Waals surface area contributed by atoms with Gasteiger partial charge in [-0.3, -0.25) is 5.32 Å². The molecular weight excluding hydrogens is 242 g/mol. The minimum absolute atomic E-state index is 0.212. The highest BCUT2D eigenvalue weighted by molar-refractivity contribution is 4.78. The highest BCUT2D eigenvalue weighted by Crippen LogP contribution is 2.27. The van der Waals surface area contributed by atoms with Gasteiger partial charge < -0.3 is 21.7 Å². The van der Waals surface area contributed by atoms with Gasteiger partial charge in [0.2, 0.25) is 0 Å². The van der Waals surface area contributed by atoms with Crippen LogP contribution in [-0.4, -0.2) is 35.3 Å². The van der Waals surface area contributed by atoms with Gasteiger partial charge >= 0.3 is 0 Å². The molecule has 0 heterocycles. The van der Waals surface area contributed by atoms with Crippen LogP contribution in [0.15, 0.2) is 0 Å². The Morgan fingerprint density at radius 2 is 1.79 bits per heavy atom. The smallest absolute Gasteiger partial charge is 0.117 e. The van der Waals surface area contributed by atoms with E-state index in [0.29, 0.717) is 18.9 Å². The SMILES string of the molecule is NCCCCC(O)N[C@@H](CC1CCCCC1)C(N)O. The van der Waals surface area contributed by atoms with Gasteiger partial charge in [-0.1, -0.05) is 32.1 Å². The Bertz CT molecular complexity index is 221. The Morgan fingerprint density at radius 1 is 1.11 bits per heavy atom. The first kappa shape index (κ1) is 16.9. The summed E-state index contributed by atoms with van der Waals surface area (Å²) in [4.78, 5) is 0. The molecule has 0 aromatic carbocycles. The Kier molecular flexibility index (Phi) is 8.57. The predicted octanol–water partition coefficient (Wildman–Crippen LogP) is 0.639. The van der Waals surface area contributed by atoms with Gasteiger partial charge in [0.25, 0.3) is 0 Å². The molecule has 1 aliphatic rings. The summed E-state index contributed by atoms with van der Waals surface area (Å²) in [7, 11) is 0. The van der Waals surface area contributed by atoms with E-state index in [1.165, 1.54) is 32.1 Å². The molecule has 1 aliphatic carbocycles. The van der Waals surface area contributed by atoms with Gasteiger partial charge in [-0.05, 0) is 38.1 Å². The van der Waals surface area contributed by atoms with Gasteiger partial charge in [-0.15, -0.1) is 0 Å². The first-order valence-corrected chi connectivity index (χ1v) is 7.71. The molecule has 1 rings (SSSR count). The lowest BCUT2D eigenvalue weighted by Gasteiger charge is -2.30. The van der Waals surface area contributed by atoms with Crippen LogP contribution in [0.25, 0.3) is 0 Å².